The number of hydrogen-bond donors (Lipinski definition) is 1. The summed E-state index contributed by atoms with van der Waals surface area (Å²) in [5, 5.41) is 9.33. The minimum absolute atomic E-state index is 0.00436. The van der Waals surface area contributed by atoms with Crippen LogP contribution in [-0.4, -0.2) is 34.9 Å². The molecule has 0 unspecified atom stereocenters. The van der Waals surface area contributed by atoms with E-state index >= 15 is 0 Å². The van der Waals surface area contributed by atoms with Gasteiger partial charge < -0.3 is 10.0 Å². The molecular formula is C10H14BrN3O. The Morgan fingerprint density at radius 1 is 1.67 bits per heavy atom. The van der Waals surface area contributed by atoms with Crippen LogP contribution in [0.5, 0.6) is 5.88 Å². The molecule has 1 N–H and O–H groups in total. The number of rotatable bonds is 3. The van der Waals surface area contributed by atoms with Gasteiger partial charge in [0, 0.05) is 13.6 Å². The molecule has 0 aliphatic rings. The molecule has 0 saturated heterocycles. The van der Waals surface area contributed by atoms with Gasteiger partial charge in [0.15, 0.2) is 0 Å². The van der Waals surface area contributed by atoms with Crippen LogP contribution in [0.4, 0.5) is 5.69 Å². The molecule has 0 spiro atoms. The van der Waals surface area contributed by atoms with E-state index < -0.39 is 0 Å². The zero-order chi connectivity index (χ0) is 11.4. The zero-order valence-electron chi connectivity index (χ0n) is 9.03. The lowest BCUT2D eigenvalue weighted by Crippen LogP contribution is -2.14. The maximum absolute atomic E-state index is 9.33. The molecular weight excluding hydrogens is 258 g/mol. The van der Waals surface area contributed by atoms with E-state index in [0.717, 1.165) is 12.2 Å². The number of aryl methyl sites for hydroxylation is 1. The monoisotopic (exact) mass is 271 g/mol. The molecule has 4 nitrogen and oxygen atoms in total. The lowest BCUT2D eigenvalue weighted by atomic mass is 10.3. The van der Waals surface area contributed by atoms with Crippen LogP contribution < -0.4 is 0 Å². The van der Waals surface area contributed by atoms with Gasteiger partial charge in [0.25, 0.3) is 0 Å². The number of halogens is 1. The fourth-order valence-electron chi connectivity index (χ4n) is 0.932. The molecule has 0 saturated carbocycles. The highest BCUT2D eigenvalue weighted by Crippen LogP contribution is 2.28. The van der Waals surface area contributed by atoms with Crippen LogP contribution in [-0.2, 0) is 0 Å². The van der Waals surface area contributed by atoms with Crippen LogP contribution in [0.2, 0.25) is 0 Å². The van der Waals surface area contributed by atoms with E-state index in [0.29, 0.717) is 10.2 Å². The summed E-state index contributed by atoms with van der Waals surface area (Å²) in [5.41, 5.74) is 1.46. The second-order valence-electron chi connectivity index (χ2n) is 3.22. The molecule has 0 aliphatic carbocycles. The Hall–Kier alpha value is -1.10. The molecule has 82 valence electrons. The van der Waals surface area contributed by atoms with Crippen LogP contribution in [0.3, 0.4) is 0 Å². The second kappa shape index (κ2) is 5.11. The normalized spacial score (nSPS) is 10.9. The molecule has 0 atom stereocenters. The number of hydrogen-bond acceptors (Lipinski definition) is 3. The van der Waals surface area contributed by atoms with E-state index in [1.807, 2.05) is 25.8 Å². The summed E-state index contributed by atoms with van der Waals surface area (Å²) in [6.45, 7) is 4.75. The third kappa shape index (κ3) is 3.20. The lowest BCUT2D eigenvalue weighted by Gasteiger charge is -2.08. The summed E-state index contributed by atoms with van der Waals surface area (Å²) in [5.74, 6) is -0.00436. The summed E-state index contributed by atoms with van der Waals surface area (Å²) < 4.78 is 0.555. The van der Waals surface area contributed by atoms with Crippen molar-refractivity contribution in [3.8, 4) is 5.88 Å². The van der Waals surface area contributed by atoms with E-state index in [2.05, 4.69) is 25.9 Å². The topological polar surface area (TPSA) is 48.7 Å². The molecule has 0 amide bonds. The standard InChI is InChI=1S/C10H14BrN3O/c1-4-14(3)6-12-9-5-8(11)10(15)13-7(9)2/h5-6H,4H2,1-3H3,(H,13,15)/b12-6+. The van der Waals surface area contributed by atoms with Crippen molar-refractivity contribution in [3.63, 3.8) is 0 Å². The molecule has 1 rings (SSSR count). The van der Waals surface area contributed by atoms with Crippen molar-refractivity contribution in [2.24, 2.45) is 4.99 Å². The van der Waals surface area contributed by atoms with Gasteiger partial charge in [0.1, 0.15) is 0 Å². The first-order valence-electron chi connectivity index (χ1n) is 4.65. The first kappa shape index (κ1) is 12.0. The molecule has 1 heterocycles. The Morgan fingerprint density at radius 2 is 2.33 bits per heavy atom. The van der Waals surface area contributed by atoms with Crippen LogP contribution in [0.25, 0.3) is 0 Å². The van der Waals surface area contributed by atoms with Crippen molar-refractivity contribution in [2.45, 2.75) is 13.8 Å². The first-order valence-corrected chi connectivity index (χ1v) is 5.44. The molecule has 5 heteroatoms. The molecule has 1 aromatic rings. The van der Waals surface area contributed by atoms with Gasteiger partial charge in [-0.1, -0.05) is 0 Å². The molecule has 0 fully saturated rings. The fourth-order valence-corrected chi connectivity index (χ4v) is 1.24. The SMILES string of the molecule is CCN(C)/C=N/c1cc(Br)c(O)nc1C. The van der Waals surface area contributed by atoms with Crippen molar-refractivity contribution in [1.82, 2.24) is 9.88 Å². The van der Waals surface area contributed by atoms with Crippen LogP contribution in [0, 0.1) is 6.92 Å². The number of aliphatic imine (C=N–C) groups is 1. The Morgan fingerprint density at radius 3 is 2.93 bits per heavy atom. The molecule has 15 heavy (non-hydrogen) atoms. The van der Waals surface area contributed by atoms with Gasteiger partial charge in [0.2, 0.25) is 5.88 Å². The lowest BCUT2D eigenvalue weighted by molar-refractivity contribution is 0.448. The number of pyridine rings is 1. The van der Waals surface area contributed by atoms with Gasteiger partial charge in [-0.3, -0.25) is 0 Å². The molecule has 1 aromatic heterocycles. The third-order valence-corrected chi connectivity index (χ3v) is 2.60. The minimum atomic E-state index is -0.00436. The van der Waals surface area contributed by atoms with E-state index in [-0.39, 0.29) is 5.88 Å². The Bertz CT molecular complexity index is 379. The van der Waals surface area contributed by atoms with Gasteiger partial charge in [-0.15, -0.1) is 0 Å². The van der Waals surface area contributed by atoms with Gasteiger partial charge in [0.05, 0.1) is 22.2 Å². The third-order valence-electron chi connectivity index (χ3n) is 2.01. The van der Waals surface area contributed by atoms with Crippen LogP contribution in [0.15, 0.2) is 15.5 Å². The fraction of sp³-hybridized carbons (Fsp3) is 0.400. The molecule has 0 aliphatic heterocycles. The largest absolute Gasteiger partial charge is 0.492 e. The molecule has 0 aromatic carbocycles. The van der Waals surface area contributed by atoms with E-state index in [1.54, 1.807) is 12.4 Å². The maximum atomic E-state index is 9.33. The van der Waals surface area contributed by atoms with Crippen molar-refractivity contribution in [3.05, 3.63) is 16.2 Å². The molecule has 0 bridgehead atoms. The smallest absolute Gasteiger partial charge is 0.225 e. The summed E-state index contributed by atoms with van der Waals surface area (Å²) >= 11 is 3.20. The summed E-state index contributed by atoms with van der Waals surface area (Å²) in [7, 11) is 1.95. The highest BCUT2D eigenvalue weighted by atomic mass is 79.9. The van der Waals surface area contributed by atoms with Gasteiger partial charge in [-0.05, 0) is 35.8 Å². The first-order chi connectivity index (χ1) is 7.04. The Balaban J connectivity index is 2.95. The average Bonchev–Trinajstić information content (AvgIpc) is 2.21. The van der Waals surface area contributed by atoms with Gasteiger partial charge in [-0.2, -0.15) is 0 Å². The predicted octanol–water partition coefficient (Wildman–Crippen LogP) is 2.47. The Kier molecular flexibility index (Phi) is 4.08. The van der Waals surface area contributed by atoms with Crippen molar-refractivity contribution < 1.29 is 5.11 Å². The number of nitrogens with zero attached hydrogens (tertiary/aromatic N) is 3. The van der Waals surface area contributed by atoms with Gasteiger partial charge >= 0.3 is 0 Å². The second-order valence-corrected chi connectivity index (χ2v) is 4.07. The van der Waals surface area contributed by atoms with Gasteiger partial charge in [-0.25, -0.2) is 9.98 Å². The summed E-state index contributed by atoms with van der Waals surface area (Å²) in [6, 6.07) is 1.75. The van der Waals surface area contributed by atoms with E-state index in [9.17, 15) is 5.11 Å². The highest BCUT2D eigenvalue weighted by molar-refractivity contribution is 9.10. The van der Waals surface area contributed by atoms with E-state index in [4.69, 9.17) is 0 Å². The van der Waals surface area contributed by atoms with Crippen molar-refractivity contribution in [1.29, 1.82) is 0 Å². The number of aromatic nitrogens is 1. The maximum Gasteiger partial charge on any atom is 0.225 e. The summed E-state index contributed by atoms with van der Waals surface area (Å²) in [4.78, 5) is 10.2. The van der Waals surface area contributed by atoms with Crippen molar-refractivity contribution >= 4 is 28.0 Å². The quantitative estimate of drug-likeness (QED) is 0.679. The van der Waals surface area contributed by atoms with E-state index in [1.165, 1.54) is 0 Å². The van der Waals surface area contributed by atoms with Crippen LogP contribution in [0.1, 0.15) is 12.6 Å². The van der Waals surface area contributed by atoms with Crippen molar-refractivity contribution in [2.75, 3.05) is 13.6 Å². The predicted molar refractivity (Wildman–Crippen MR) is 64.8 cm³/mol. The minimum Gasteiger partial charge on any atom is -0.492 e. The number of aromatic hydroxyl groups is 1. The Labute approximate surface area is 97.8 Å². The summed E-state index contributed by atoms with van der Waals surface area (Å²) in [6.07, 6.45) is 1.74. The average molecular weight is 272 g/mol. The molecule has 0 radical (unpaired) electrons. The zero-order valence-corrected chi connectivity index (χ0v) is 10.6. The highest BCUT2D eigenvalue weighted by Gasteiger charge is 2.04. The van der Waals surface area contributed by atoms with Crippen LogP contribution >= 0.6 is 15.9 Å².